The quantitative estimate of drug-likeness (QED) is 0.838. The van der Waals surface area contributed by atoms with Crippen LogP contribution in [0, 0.1) is 0 Å². The maximum absolute atomic E-state index is 11.7. The van der Waals surface area contributed by atoms with E-state index in [1.54, 1.807) is 17.9 Å². The molecule has 0 saturated carbocycles. The molecule has 1 aromatic rings. The lowest BCUT2D eigenvalue weighted by atomic mass is 10.1. The van der Waals surface area contributed by atoms with Gasteiger partial charge in [-0.15, -0.1) is 0 Å². The summed E-state index contributed by atoms with van der Waals surface area (Å²) < 4.78 is 5.01. The molecule has 1 aliphatic rings. The number of nitrogens with zero attached hydrogens (tertiary/aromatic N) is 2. The Bertz CT molecular complexity index is 565. The van der Waals surface area contributed by atoms with Gasteiger partial charge in [-0.1, -0.05) is 13.3 Å². The van der Waals surface area contributed by atoms with Crippen molar-refractivity contribution in [2.24, 2.45) is 0 Å². The highest BCUT2D eigenvalue weighted by molar-refractivity contribution is 5.67. The zero-order valence-electron chi connectivity index (χ0n) is 13.9. The molecule has 0 spiro atoms. The summed E-state index contributed by atoms with van der Waals surface area (Å²) in [4.78, 5) is 32.3. The first-order valence-electron chi connectivity index (χ1n) is 8.40. The lowest BCUT2D eigenvalue weighted by Crippen LogP contribution is -2.43. The first-order chi connectivity index (χ1) is 11.1. The van der Waals surface area contributed by atoms with Gasteiger partial charge < -0.3 is 15.0 Å². The molecule has 23 heavy (non-hydrogen) atoms. The van der Waals surface area contributed by atoms with Crippen LogP contribution in [-0.2, 0) is 11.2 Å². The second-order valence-corrected chi connectivity index (χ2v) is 5.79. The minimum absolute atomic E-state index is 0.127. The Kier molecular flexibility index (Phi) is 6.43. The molecule has 1 saturated heterocycles. The van der Waals surface area contributed by atoms with Gasteiger partial charge in [-0.2, -0.15) is 0 Å². The monoisotopic (exact) mass is 322 g/mol. The number of rotatable bonds is 6. The van der Waals surface area contributed by atoms with E-state index in [9.17, 15) is 9.59 Å². The van der Waals surface area contributed by atoms with Crippen LogP contribution in [0.1, 0.15) is 45.2 Å². The van der Waals surface area contributed by atoms with Crippen molar-refractivity contribution in [3.8, 4) is 0 Å². The van der Waals surface area contributed by atoms with Crippen molar-refractivity contribution >= 4 is 12.0 Å². The van der Waals surface area contributed by atoms with E-state index in [0.29, 0.717) is 25.6 Å². The van der Waals surface area contributed by atoms with Gasteiger partial charge in [0.05, 0.1) is 6.61 Å². The number of carbonyl (C=O) groups is 1. The van der Waals surface area contributed by atoms with E-state index in [1.165, 1.54) is 0 Å². The Morgan fingerprint density at radius 2 is 2.17 bits per heavy atom. The summed E-state index contributed by atoms with van der Waals surface area (Å²) in [5.74, 6) is 0.526. The Morgan fingerprint density at radius 1 is 1.43 bits per heavy atom. The van der Waals surface area contributed by atoms with Crippen LogP contribution in [-0.4, -0.2) is 46.7 Å². The van der Waals surface area contributed by atoms with Gasteiger partial charge in [0.25, 0.3) is 5.56 Å². The minimum Gasteiger partial charge on any atom is -0.450 e. The number of aryl methyl sites for hydroxylation is 1. The third-order valence-electron chi connectivity index (χ3n) is 3.94. The number of piperidine rings is 1. The number of likely N-dealkylation sites (tertiary alicyclic amines) is 1. The smallest absolute Gasteiger partial charge is 0.409 e. The molecule has 2 rings (SSSR count). The Balaban J connectivity index is 1.89. The molecule has 2 N–H and O–H groups in total. The second-order valence-electron chi connectivity index (χ2n) is 5.79. The lowest BCUT2D eigenvalue weighted by Gasteiger charge is -2.31. The van der Waals surface area contributed by atoms with Crippen molar-refractivity contribution in [1.29, 1.82) is 0 Å². The number of amides is 1. The van der Waals surface area contributed by atoms with E-state index in [0.717, 1.165) is 37.8 Å². The van der Waals surface area contributed by atoms with Crippen LogP contribution < -0.4 is 10.9 Å². The summed E-state index contributed by atoms with van der Waals surface area (Å²) >= 11 is 0. The van der Waals surface area contributed by atoms with Crippen molar-refractivity contribution in [2.75, 3.05) is 25.0 Å². The highest BCUT2D eigenvalue weighted by atomic mass is 16.6. The molecule has 1 aromatic heterocycles. The van der Waals surface area contributed by atoms with Gasteiger partial charge in [0.2, 0.25) is 5.95 Å². The topological polar surface area (TPSA) is 87.3 Å². The van der Waals surface area contributed by atoms with Crippen LogP contribution in [0.2, 0.25) is 0 Å². The summed E-state index contributed by atoms with van der Waals surface area (Å²) in [5.41, 5.74) is 0.694. The fourth-order valence-corrected chi connectivity index (χ4v) is 2.68. The van der Waals surface area contributed by atoms with Crippen LogP contribution in [0.3, 0.4) is 0 Å². The van der Waals surface area contributed by atoms with Crippen LogP contribution in [0.25, 0.3) is 0 Å². The largest absolute Gasteiger partial charge is 0.450 e. The third kappa shape index (κ3) is 5.26. The predicted octanol–water partition coefficient (Wildman–Crippen LogP) is 2.15. The van der Waals surface area contributed by atoms with E-state index in [2.05, 4.69) is 22.2 Å². The number of aromatic nitrogens is 2. The van der Waals surface area contributed by atoms with Crippen molar-refractivity contribution < 1.29 is 9.53 Å². The summed E-state index contributed by atoms with van der Waals surface area (Å²) in [6, 6.07) is 1.76. The van der Waals surface area contributed by atoms with Gasteiger partial charge in [-0.3, -0.25) is 9.78 Å². The molecule has 0 aromatic carbocycles. The molecule has 1 aliphatic heterocycles. The number of carbonyl (C=O) groups excluding carboxylic acids is 1. The third-order valence-corrected chi connectivity index (χ3v) is 3.94. The molecule has 0 unspecified atom stereocenters. The zero-order valence-corrected chi connectivity index (χ0v) is 13.9. The number of hydrogen-bond acceptors (Lipinski definition) is 5. The Morgan fingerprint density at radius 3 is 2.83 bits per heavy atom. The van der Waals surface area contributed by atoms with Crippen LogP contribution in [0.4, 0.5) is 10.7 Å². The predicted molar refractivity (Wildman–Crippen MR) is 88.7 cm³/mol. The number of H-pyrrole nitrogens is 1. The lowest BCUT2D eigenvalue weighted by molar-refractivity contribution is 0.0983. The average Bonchev–Trinajstić information content (AvgIpc) is 2.53. The van der Waals surface area contributed by atoms with Gasteiger partial charge in [0.1, 0.15) is 0 Å². The fraction of sp³-hybridized carbons (Fsp3) is 0.688. The van der Waals surface area contributed by atoms with Gasteiger partial charge in [-0.25, -0.2) is 9.78 Å². The number of nitrogens with one attached hydrogen (secondary N) is 2. The average molecular weight is 322 g/mol. The van der Waals surface area contributed by atoms with Gasteiger partial charge in [0, 0.05) is 30.9 Å². The molecule has 2 heterocycles. The van der Waals surface area contributed by atoms with Gasteiger partial charge in [-0.05, 0) is 32.6 Å². The summed E-state index contributed by atoms with van der Waals surface area (Å²) in [6.07, 6.45) is 4.27. The number of unbranched alkanes of at least 4 members (excludes halogenated alkanes) is 1. The maximum atomic E-state index is 11.7. The van der Waals surface area contributed by atoms with Crippen LogP contribution in [0.5, 0.6) is 0 Å². The van der Waals surface area contributed by atoms with Crippen molar-refractivity contribution in [1.82, 2.24) is 14.9 Å². The molecular formula is C16H26N4O3. The van der Waals surface area contributed by atoms with Gasteiger partial charge in [0.15, 0.2) is 0 Å². The fourth-order valence-electron chi connectivity index (χ4n) is 2.68. The normalized spacial score (nSPS) is 15.5. The van der Waals surface area contributed by atoms with Gasteiger partial charge >= 0.3 is 6.09 Å². The number of hydrogen-bond donors (Lipinski definition) is 2. The first kappa shape index (κ1) is 17.3. The molecule has 0 atom stereocenters. The zero-order chi connectivity index (χ0) is 16.7. The minimum atomic E-state index is -0.251. The second kappa shape index (κ2) is 8.55. The highest BCUT2D eigenvalue weighted by Gasteiger charge is 2.23. The van der Waals surface area contributed by atoms with Crippen LogP contribution in [0.15, 0.2) is 10.9 Å². The molecule has 7 heteroatoms. The van der Waals surface area contributed by atoms with Crippen molar-refractivity contribution in [3.05, 3.63) is 22.1 Å². The molecular weight excluding hydrogens is 296 g/mol. The van der Waals surface area contributed by atoms with E-state index >= 15 is 0 Å². The Labute approximate surface area is 136 Å². The molecule has 1 fully saturated rings. The highest BCUT2D eigenvalue weighted by Crippen LogP contribution is 2.15. The van der Waals surface area contributed by atoms with E-state index in [4.69, 9.17) is 4.74 Å². The van der Waals surface area contributed by atoms with Crippen molar-refractivity contribution in [2.45, 2.75) is 52.0 Å². The molecule has 0 aliphatic carbocycles. The van der Waals surface area contributed by atoms with Crippen molar-refractivity contribution in [3.63, 3.8) is 0 Å². The summed E-state index contributed by atoms with van der Waals surface area (Å²) in [5, 5.41) is 3.28. The van der Waals surface area contributed by atoms with Crippen LogP contribution >= 0.6 is 0 Å². The SMILES string of the molecule is CCCCc1cc(=O)[nH]c(NC2CCN(C(=O)OCC)CC2)n1. The summed E-state index contributed by atoms with van der Waals surface area (Å²) in [7, 11) is 0. The molecule has 128 valence electrons. The number of aromatic amines is 1. The van der Waals surface area contributed by atoms with E-state index < -0.39 is 0 Å². The van der Waals surface area contributed by atoms with E-state index in [1.807, 2.05) is 0 Å². The standard InChI is InChI=1S/C16H26N4O3/c1-3-5-6-13-11-14(21)19-15(18-13)17-12-7-9-20(10-8-12)16(22)23-4-2/h11-12H,3-10H2,1-2H3,(H2,17,18,19,21). The Hall–Kier alpha value is -2.05. The maximum Gasteiger partial charge on any atom is 0.409 e. The molecule has 7 nitrogen and oxygen atoms in total. The molecule has 0 bridgehead atoms. The first-order valence-corrected chi connectivity index (χ1v) is 8.40. The number of anilines is 1. The molecule has 0 radical (unpaired) electrons. The summed E-state index contributed by atoms with van der Waals surface area (Å²) in [6.45, 7) is 5.61. The molecule has 1 amide bonds. The van der Waals surface area contributed by atoms with E-state index in [-0.39, 0.29) is 17.7 Å². The number of ether oxygens (including phenoxy) is 1.